The normalized spacial score (nSPS) is 12.3. The van der Waals surface area contributed by atoms with Crippen molar-refractivity contribution in [2.75, 3.05) is 13.7 Å². The number of carbonyl (C=O) groups is 1. The van der Waals surface area contributed by atoms with Gasteiger partial charge in [-0.15, -0.1) is 5.10 Å². The second-order valence-electron chi connectivity index (χ2n) is 4.12. The highest BCUT2D eigenvalue weighted by Crippen LogP contribution is 2.21. The van der Waals surface area contributed by atoms with E-state index < -0.39 is 12.1 Å². The standard InChI is InChI=1S/C12H14N4O4/c1-20-7-9(17)6-16-11(8-3-2-4-13-5-8)10(12(18)19)14-15-16/h2-5,9,17H,6-7H2,1H3,(H,18,19). The Morgan fingerprint density at radius 2 is 2.35 bits per heavy atom. The molecule has 1 atom stereocenters. The van der Waals surface area contributed by atoms with Crippen molar-refractivity contribution >= 4 is 5.97 Å². The zero-order valence-corrected chi connectivity index (χ0v) is 10.8. The van der Waals surface area contributed by atoms with Gasteiger partial charge in [-0.1, -0.05) is 5.21 Å². The van der Waals surface area contributed by atoms with Crippen molar-refractivity contribution in [2.24, 2.45) is 0 Å². The molecule has 0 amide bonds. The number of ether oxygens (including phenoxy) is 1. The van der Waals surface area contributed by atoms with E-state index in [-0.39, 0.29) is 18.8 Å². The fraction of sp³-hybridized carbons (Fsp3) is 0.333. The maximum atomic E-state index is 11.2. The Morgan fingerprint density at radius 1 is 1.55 bits per heavy atom. The van der Waals surface area contributed by atoms with Gasteiger partial charge < -0.3 is 14.9 Å². The summed E-state index contributed by atoms with van der Waals surface area (Å²) in [6.45, 7) is 0.201. The number of aromatic carboxylic acids is 1. The van der Waals surface area contributed by atoms with Crippen LogP contribution in [0.1, 0.15) is 10.5 Å². The van der Waals surface area contributed by atoms with Crippen LogP contribution < -0.4 is 0 Å². The molecule has 2 aromatic heterocycles. The van der Waals surface area contributed by atoms with Gasteiger partial charge in [-0.05, 0) is 12.1 Å². The van der Waals surface area contributed by atoms with Crippen molar-refractivity contribution in [3.05, 3.63) is 30.2 Å². The first kappa shape index (κ1) is 14.1. The average Bonchev–Trinajstić information content (AvgIpc) is 2.83. The van der Waals surface area contributed by atoms with Gasteiger partial charge in [0.05, 0.1) is 19.3 Å². The number of aliphatic hydroxyl groups is 1. The Labute approximate surface area is 114 Å². The highest BCUT2D eigenvalue weighted by molar-refractivity contribution is 5.92. The van der Waals surface area contributed by atoms with E-state index in [1.165, 1.54) is 18.0 Å². The molecule has 1 unspecified atom stereocenters. The van der Waals surface area contributed by atoms with E-state index in [9.17, 15) is 9.90 Å². The third kappa shape index (κ3) is 2.98. The molecule has 2 aromatic rings. The molecule has 0 aliphatic carbocycles. The lowest BCUT2D eigenvalue weighted by Crippen LogP contribution is -2.22. The molecule has 2 N–H and O–H groups in total. The zero-order chi connectivity index (χ0) is 14.5. The molecule has 0 bridgehead atoms. The van der Waals surface area contributed by atoms with Crippen LogP contribution in [0.2, 0.25) is 0 Å². The fourth-order valence-corrected chi connectivity index (χ4v) is 1.82. The summed E-state index contributed by atoms with van der Waals surface area (Å²) >= 11 is 0. The molecule has 2 rings (SSSR count). The summed E-state index contributed by atoms with van der Waals surface area (Å²) in [4.78, 5) is 15.1. The van der Waals surface area contributed by atoms with Crippen LogP contribution in [0.5, 0.6) is 0 Å². The van der Waals surface area contributed by atoms with Crippen LogP contribution in [-0.4, -0.2) is 56.0 Å². The number of hydrogen-bond acceptors (Lipinski definition) is 6. The maximum Gasteiger partial charge on any atom is 0.358 e. The third-order valence-electron chi connectivity index (χ3n) is 2.62. The number of rotatable bonds is 6. The molecular formula is C12H14N4O4. The lowest BCUT2D eigenvalue weighted by Gasteiger charge is -2.11. The van der Waals surface area contributed by atoms with Gasteiger partial charge in [0, 0.05) is 25.1 Å². The lowest BCUT2D eigenvalue weighted by molar-refractivity contribution is 0.0513. The summed E-state index contributed by atoms with van der Waals surface area (Å²) in [5.41, 5.74) is 0.697. The molecule has 0 aromatic carbocycles. The predicted molar refractivity (Wildman–Crippen MR) is 68.1 cm³/mol. The first-order valence-corrected chi connectivity index (χ1v) is 5.87. The Bertz CT molecular complexity index is 584. The average molecular weight is 278 g/mol. The predicted octanol–water partition coefficient (Wildman–Crippen LogP) is 0.0456. The van der Waals surface area contributed by atoms with Gasteiger partial charge >= 0.3 is 5.97 Å². The second kappa shape index (κ2) is 6.22. The van der Waals surface area contributed by atoms with Gasteiger partial charge in [-0.3, -0.25) is 4.98 Å². The van der Waals surface area contributed by atoms with Crippen LogP contribution in [0.15, 0.2) is 24.5 Å². The molecular weight excluding hydrogens is 264 g/mol. The van der Waals surface area contributed by atoms with Crippen molar-refractivity contribution in [1.29, 1.82) is 0 Å². The van der Waals surface area contributed by atoms with E-state index in [0.717, 1.165) is 0 Å². The summed E-state index contributed by atoms with van der Waals surface area (Å²) < 4.78 is 6.17. The minimum Gasteiger partial charge on any atom is -0.476 e. The van der Waals surface area contributed by atoms with Crippen molar-refractivity contribution < 1.29 is 19.7 Å². The van der Waals surface area contributed by atoms with E-state index in [2.05, 4.69) is 15.3 Å². The van der Waals surface area contributed by atoms with E-state index >= 15 is 0 Å². The van der Waals surface area contributed by atoms with Crippen molar-refractivity contribution in [2.45, 2.75) is 12.6 Å². The van der Waals surface area contributed by atoms with Gasteiger partial charge in [0.1, 0.15) is 5.69 Å². The van der Waals surface area contributed by atoms with E-state index in [1.807, 2.05) is 0 Å². The number of methoxy groups -OCH3 is 1. The SMILES string of the molecule is COCC(O)Cn1nnc(C(=O)O)c1-c1cccnc1. The number of aromatic nitrogens is 4. The zero-order valence-electron chi connectivity index (χ0n) is 10.8. The second-order valence-corrected chi connectivity index (χ2v) is 4.12. The van der Waals surface area contributed by atoms with Crippen LogP contribution in [-0.2, 0) is 11.3 Å². The summed E-state index contributed by atoms with van der Waals surface area (Å²) in [6.07, 6.45) is 2.29. The summed E-state index contributed by atoms with van der Waals surface area (Å²) in [5.74, 6) is -1.18. The van der Waals surface area contributed by atoms with Gasteiger partial charge in [0.25, 0.3) is 0 Å². The first-order chi connectivity index (χ1) is 9.63. The highest BCUT2D eigenvalue weighted by Gasteiger charge is 2.22. The molecule has 0 radical (unpaired) electrons. The van der Waals surface area contributed by atoms with Gasteiger partial charge in [-0.2, -0.15) is 0 Å². The molecule has 0 aliphatic rings. The molecule has 0 spiro atoms. The Morgan fingerprint density at radius 3 is 2.95 bits per heavy atom. The minimum atomic E-state index is -1.18. The Balaban J connectivity index is 2.41. The van der Waals surface area contributed by atoms with E-state index in [4.69, 9.17) is 9.84 Å². The van der Waals surface area contributed by atoms with Crippen LogP contribution in [0.25, 0.3) is 11.3 Å². The molecule has 2 heterocycles. The minimum absolute atomic E-state index is 0.0817. The van der Waals surface area contributed by atoms with Crippen LogP contribution in [0, 0.1) is 0 Å². The van der Waals surface area contributed by atoms with E-state index in [1.54, 1.807) is 18.3 Å². The summed E-state index contributed by atoms with van der Waals surface area (Å²) in [5, 5.41) is 26.3. The molecule has 0 saturated heterocycles. The largest absolute Gasteiger partial charge is 0.476 e. The summed E-state index contributed by atoms with van der Waals surface area (Å²) in [6, 6.07) is 3.39. The first-order valence-electron chi connectivity index (χ1n) is 5.87. The number of carboxylic acids is 1. The van der Waals surface area contributed by atoms with Crippen LogP contribution in [0.4, 0.5) is 0 Å². The number of hydrogen-bond donors (Lipinski definition) is 2. The molecule has 0 fully saturated rings. The Hall–Kier alpha value is -2.32. The van der Waals surface area contributed by atoms with Crippen LogP contribution in [0.3, 0.4) is 0 Å². The number of aliphatic hydroxyl groups excluding tert-OH is 1. The number of carboxylic acid groups (broad SMARTS) is 1. The smallest absolute Gasteiger partial charge is 0.358 e. The van der Waals surface area contributed by atoms with Crippen LogP contribution >= 0.6 is 0 Å². The topological polar surface area (TPSA) is 110 Å². The van der Waals surface area contributed by atoms with Gasteiger partial charge in [-0.25, -0.2) is 9.48 Å². The fourth-order valence-electron chi connectivity index (χ4n) is 1.82. The Kier molecular flexibility index (Phi) is 4.38. The number of nitrogens with zero attached hydrogens (tertiary/aromatic N) is 4. The maximum absolute atomic E-state index is 11.2. The quantitative estimate of drug-likeness (QED) is 0.767. The van der Waals surface area contributed by atoms with Gasteiger partial charge in [0.2, 0.25) is 0 Å². The van der Waals surface area contributed by atoms with Crippen molar-refractivity contribution in [1.82, 2.24) is 20.0 Å². The molecule has 8 nitrogen and oxygen atoms in total. The van der Waals surface area contributed by atoms with Crippen molar-refractivity contribution in [3.63, 3.8) is 0 Å². The third-order valence-corrected chi connectivity index (χ3v) is 2.62. The number of pyridine rings is 1. The molecule has 8 heteroatoms. The monoisotopic (exact) mass is 278 g/mol. The lowest BCUT2D eigenvalue weighted by atomic mass is 10.1. The van der Waals surface area contributed by atoms with Gasteiger partial charge in [0.15, 0.2) is 5.69 Å². The highest BCUT2D eigenvalue weighted by atomic mass is 16.5. The van der Waals surface area contributed by atoms with Crippen molar-refractivity contribution in [3.8, 4) is 11.3 Å². The molecule has 0 aliphatic heterocycles. The molecule has 106 valence electrons. The molecule has 20 heavy (non-hydrogen) atoms. The molecule has 0 saturated carbocycles. The van der Waals surface area contributed by atoms with E-state index in [0.29, 0.717) is 11.3 Å². The summed E-state index contributed by atoms with van der Waals surface area (Å²) in [7, 11) is 1.47.